The van der Waals surface area contributed by atoms with Crippen molar-refractivity contribution in [3.8, 4) is 11.8 Å². The number of anilines is 1. The SMILES string of the molecule is COc1ccc2cc(NCC3(C#N)CCC3)ccc2c1. The highest BCUT2D eigenvalue weighted by Crippen LogP contribution is 2.40. The lowest BCUT2D eigenvalue weighted by molar-refractivity contribution is 0.233. The van der Waals surface area contributed by atoms with E-state index in [1.807, 2.05) is 12.1 Å². The number of ether oxygens (including phenoxy) is 1. The van der Waals surface area contributed by atoms with E-state index in [4.69, 9.17) is 4.74 Å². The molecular formula is C17H18N2O. The topological polar surface area (TPSA) is 45.0 Å². The van der Waals surface area contributed by atoms with Crippen LogP contribution in [0.3, 0.4) is 0 Å². The zero-order valence-corrected chi connectivity index (χ0v) is 11.6. The average Bonchev–Trinajstić information content (AvgIpc) is 2.46. The second-order valence-corrected chi connectivity index (χ2v) is 5.53. The Morgan fingerprint density at radius 2 is 1.95 bits per heavy atom. The van der Waals surface area contributed by atoms with Gasteiger partial charge in [0.15, 0.2) is 0 Å². The largest absolute Gasteiger partial charge is 0.497 e. The van der Waals surface area contributed by atoms with Gasteiger partial charge in [0.2, 0.25) is 0 Å². The maximum atomic E-state index is 9.24. The van der Waals surface area contributed by atoms with E-state index in [0.717, 1.165) is 36.2 Å². The van der Waals surface area contributed by atoms with E-state index in [1.165, 1.54) is 11.8 Å². The highest BCUT2D eigenvalue weighted by molar-refractivity contribution is 5.86. The maximum absolute atomic E-state index is 9.24. The number of nitrogens with zero attached hydrogens (tertiary/aromatic N) is 1. The zero-order chi connectivity index (χ0) is 14.0. The third kappa shape index (κ3) is 2.30. The molecule has 1 aliphatic rings. The number of nitrogens with one attached hydrogen (secondary N) is 1. The summed E-state index contributed by atoms with van der Waals surface area (Å²) in [5.41, 5.74) is 0.929. The molecule has 3 rings (SSSR count). The van der Waals surface area contributed by atoms with E-state index < -0.39 is 0 Å². The van der Waals surface area contributed by atoms with Crippen molar-refractivity contribution in [2.24, 2.45) is 5.41 Å². The van der Waals surface area contributed by atoms with Crippen molar-refractivity contribution in [3.05, 3.63) is 36.4 Å². The number of fused-ring (bicyclic) bond motifs is 1. The van der Waals surface area contributed by atoms with E-state index in [0.29, 0.717) is 0 Å². The first-order chi connectivity index (χ1) is 9.74. The summed E-state index contributed by atoms with van der Waals surface area (Å²) in [4.78, 5) is 0. The zero-order valence-electron chi connectivity index (χ0n) is 11.6. The number of benzene rings is 2. The number of methoxy groups -OCH3 is 1. The molecule has 1 N–H and O–H groups in total. The van der Waals surface area contributed by atoms with Gasteiger partial charge in [-0.3, -0.25) is 0 Å². The Bertz CT molecular complexity index is 668. The number of nitriles is 1. The molecule has 0 atom stereocenters. The molecule has 2 aromatic rings. The van der Waals surface area contributed by atoms with E-state index in [1.54, 1.807) is 7.11 Å². The van der Waals surface area contributed by atoms with E-state index >= 15 is 0 Å². The Hall–Kier alpha value is -2.21. The molecule has 0 spiro atoms. The summed E-state index contributed by atoms with van der Waals surface area (Å²) in [6.07, 6.45) is 3.20. The molecule has 0 radical (unpaired) electrons. The van der Waals surface area contributed by atoms with E-state index in [9.17, 15) is 5.26 Å². The molecule has 3 heteroatoms. The number of hydrogen-bond donors (Lipinski definition) is 1. The number of hydrogen-bond acceptors (Lipinski definition) is 3. The van der Waals surface area contributed by atoms with Crippen molar-refractivity contribution < 1.29 is 4.74 Å². The highest BCUT2D eigenvalue weighted by Gasteiger charge is 2.36. The van der Waals surface area contributed by atoms with Crippen molar-refractivity contribution in [2.45, 2.75) is 19.3 Å². The first-order valence-corrected chi connectivity index (χ1v) is 6.98. The lowest BCUT2D eigenvalue weighted by Gasteiger charge is -2.35. The van der Waals surface area contributed by atoms with Crippen molar-refractivity contribution in [2.75, 3.05) is 19.0 Å². The predicted molar refractivity (Wildman–Crippen MR) is 80.9 cm³/mol. The fourth-order valence-electron chi connectivity index (χ4n) is 2.66. The Morgan fingerprint density at radius 3 is 2.60 bits per heavy atom. The van der Waals surface area contributed by atoms with Gasteiger partial charge in [-0.05, 0) is 47.9 Å². The summed E-state index contributed by atoms with van der Waals surface area (Å²) in [6, 6.07) is 14.8. The predicted octanol–water partition coefficient (Wildman–Crippen LogP) is 3.95. The van der Waals surface area contributed by atoms with E-state index in [2.05, 4.69) is 35.7 Å². The van der Waals surface area contributed by atoms with Gasteiger partial charge in [0.05, 0.1) is 18.6 Å². The summed E-state index contributed by atoms with van der Waals surface area (Å²) in [5, 5.41) is 15.0. The molecule has 20 heavy (non-hydrogen) atoms. The molecule has 0 saturated heterocycles. The summed E-state index contributed by atoms with van der Waals surface area (Å²) in [6.45, 7) is 0.741. The third-order valence-electron chi connectivity index (χ3n) is 4.23. The van der Waals surface area contributed by atoms with Crippen LogP contribution in [0.15, 0.2) is 36.4 Å². The fraction of sp³-hybridized carbons (Fsp3) is 0.353. The molecule has 3 nitrogen and oxygen atoms in total. The lowest BCUT2D eigenvalue weighted by atomic mass is 9.70. The molecule has 0 aromatic heterocycles. The maximum Gasteiger partial charge on any atom is 0.119 e. The molecule has 0 amide bonds. The monoisotopic (exact) mass is 266 g/mol. The van der Waals surface area contributed by atoms with Gasteiger partial charge in [-0.15, -0.1) is 0 Å². The van der Waals surface area contributed by atoms with Crippen LogP contribution in [0.5, 0.6) is 5.75 Å². The van der Waals surface area contributed by atoms with Crippen LogP contribution in [0.1, 0.15) is 19.3 Å². The highest BCUT2D eigenvalue weighted by atomic mass is 16.5. The summed E-state index contributed by atoms with van der Waals surface area (Å²) >= 11 is 0. The standard InChI is InChI=1S/C17H18N2O/c1-20-16-6-4-13-9-15(5-3-14(13)10-16)19-12-17(11-18)7-2-8-17/h3-6,9-10,19H,2,7-8,12H2,1H3. The molecule has 1 aliphatic carbocycles. The van der Waals surface area contributed by atoms with Gasteiger partial charge < -0.3 is 10.1 Å². The third-order valence-corrected chi connectivity index (χ3v) is 4.23. The van der Waals surface area contributed by atoms with Gasteiger partial charge >= 0.3 is 0 Å². The van der Waals surface area contributed by atoms with Gasteiger partial charge in [-0.2, -0.15) is 5.26 Å². The van der Waals surface area contributed by atoms with Crippen molar-refractivity contribution in [1.29, 1.82) is 5.26 Å². The minimum absolute atomic E-state index is 0.144. The Balaban J connectivity index is 1.78. The molecule has 0 heterocycles. The van der Waals surface area contributed by atoms with Crippen molar-refractivity contribution in [3.63, 3.8) is 0 Å². The molecule has 102 valence electrons. The van der Waals surface area contributed by atoms with Gasteiger partial charge in [0.1, 0.15) is 5.75 Å². The van der Waals surface area contributed by atoms with Gasteiger partial charge in [-0.25, -0.2) is 0 Å². The van der Waals surface area contributed by atoms with Crippen LogP contribution in [0.4, 0.5) is 5.69 Å². The molecule has 1 fully saturated rings. The molecule has 1 saturated carbocycles. The molecule has 2 aromatic carbocycles. The molecule has 0 bridgehead atoms. The van der Waals surface area contributed by atoms with Crippen LogP contribution >= 0.6 is 0 Å². The fourth-order valence-corrected chi connectivity index (χ4v) is 2.66. The first-order valence-electron chi connectivity index (χ1n) is 6.98. The average molecular weight is 266 g/mol. The second kappa shape index (κ2) is 5.05. The van der Waals surface area contributed by atoms with Crippen LogP contribution in [0.2, 0.25) is 0 Å². The van der Waals surface area contributed by atoms with Crippen LogP contribution in [0, 0.1) is 16.7 Å². The quantitative estimate of drug-likeness (QED) is 0.911. The lowest BCUT2D eigenvalue weighted by Crippen LogP contribution is -2.34. The van der Waals surface area contributed by atoms with Gasteiger partial charge in [0.25, 0.3) is 0 Å². The van der Waals surface area contributed by atoms with E-state index in [-0.39, 0.29) is 5.41 Å². The second-order valence-electron chi connectivity index (χ2n) is 5.53. The van der Waals surface area contributed by atoms with Gasteiger partial charge in [0, 0.05) is 12.2 Å². The Morgan fingerprint density at radius 1 is 1.20 bits per heavy atom. The Labute approximate surface area is 119 Å². The van der Waals surface area contributed by atoms with Crippen molar-refractivity contribution in [1.82, 2.24) is 0 Å². The minimum atomic E-state index is -0.144. The molecule has 0 unspecified atom stereocenters. The summed E-state index contributed by atoms with van der Waals surface area (Å²) in [7, 11) is 1.68. The smallest absolute Gasteiger partial charge is 0.119 e. The van der Waals surface area contributed by atoms with Crippen LogP contribution in [-0.2, 0) is 0 Å². The minimum Gasteiger partial charge on any atom is -0.497 e. The number of rotatable bonds is 4. The Kier molecular flexibility index (Phi) is 3.23. The normalized spacial score (nSPS) is 16.2. The van der Waals surface area contributed by atoms with Crippen LogP contribution in [-0.4, -0.2) is 13.7 Å². The van der Waals surface area contributed by atoms with Crippen LogP contribution < -0.4 is 10.1 Å². The van der Waals surface area contributed by atoms with Crippen molar-refractivity contribution >= 4 is 16.5 Å². The summed E-state index contributed by atoms with van der Waals surface area (Å²) in [5.74, 6) is 0.871. The molecule has 0 aliphatic heterocycles. The summed E-state index contributed by atoms with van der Waals surface area (Å²) < 4.78 is 5.23. The molecular weight excluding hydrogens is 248 g/mol. The first kappa shape index (κ1) is 12.8. The van der Waals surface area contributed by atoms with Crippen LogP contribution in [0.25, 0.3) is 10.8 Å². The van der Waals surface area contributed by atoms with Gasteiger partial charge in [-0.1, -0.05) is 18.6 Å².